The number of halogens is 3. The fraction of sp³-hybridized carbons (Fsp3) is 0.424. The van der Waals surface area contributed by atoms with Crippen LogP contribution in [0.1, 0.15) is 55.1 Å². The molecule has 3 aromatic heterocycles. The quantitative estimate of drug-likeness (QED) is 0.234. The molecule has 0 spiro atoms. The average Bonchev–Trinajstić information content (AvgIpc) is 3.39. The van der Waals surface area contributed by atoms with Crippen LogP contribution < -0.4 is 14.8 Å². The molecule has 2 aliphatic heterocycles. The SMILES string of the molecule is CC[C@@H]1CN(C)CC[C@H]1Oc1ncc(NC(=O)N2CCc3ccc(Oc4ccnc5[nH]c(C)cc45)cc3[C@@H]2C)cc1C(F)(F)F. The summed E-state index contributed by atoms with van der Waals surface area (Å²) in [5.41, 5.74) is 2.64. The van der Waals surface area contributed by atoms with E-state index in [2.05, 4.69) is 25.2 Å². The fourth-order valence-corrected chi connectivity index (χ4v) is 6.38. The largest absolute Gasteiger partial charge is 0.474 e. The highest BCUT2D eigenvalue weighted by molar-refractivity contribution is 5.90. The number of urea groups is 1. The number of ether oxygens (including phenoxy) is 2. The highest BCUT2D eigenvalue weighted by Crippen LogP contribution is 2.39. The lowest BCUT2D eigenvalue weighted by atomic mass is 9.92. The van der Waals surface area contributed by atoms with E-state index >= 15 is 0 Å². The van der Waals surface area contributed by atoms with Gasteiger partial charge in [0.2, 0.25) is 5.88 Å². The van der Waals surface area contributed by atoms with Crippen molar-refractivity contribution in [3.63, 3.8) is 0 Å². The van der Waals surface area contributed by atoms with E-state index in [0.717, 1.165) is 53.4 Å². The summed E-state index contributed by atoms with van der Waals surface area (Å²) < 4.78 is 54.6. The number of benzene rings is 1. The number of amides is 2. The third-order valence-corrected chi connectivity index (χ3v) is 8.83. The van der Waals surface area contributed by atoms with E-state index in [-0.39, 0.29) is 23.8 Å². The minimum Gasteiger partial charge on any atom is -0.474 e. The Morgan fingerprint density at radius 1 is 1.16 bits per heavy atom. The van der Waals surface area contributed by atoms with Gasteiger partial charge in [-0.2, -0.15) is 13.2 Å². The first kappa shape index (κ1) is 30.7. The van der Waals surface area contributed by atoms with E-state index in [1.807, 2.05) is 52.1 Å². The molecule has 1 aromatic carbocycles. The van der Waals surface area contributed by atoms with Crippen molar-refractivity contribution in [2.45, 2.75) is 58.4 Å². The molecule has 0 radical (unpaired) electrons. The van der Waals surface area contributed by atoms with Crippen LogP contribution in [-0.2, 0) is 12.6 Å². The predicted molar refractivity (Wildman–Crippen MR) is 165 cm³/mol. The predicted octanol–water partition coefficient (Wildman–Crippen LogP) is 7.34. The molecule has 4 aromatic rings. The van der Waals surface area contributed by atoms with Gasteiger partial charge in [-0.1, -0.05) is 13.0 Å². The minimum absolute atomic E-state index is 0.0475. The molecule has 9 nitrogen and oxygen atoms in total. The van der Waals surface area contributed by atoms with Gasteiger partial charge in [0.15, 0.2) is 0 Å². The molecule has 0 aliphatic carbocycles. The zero-order chi connectivity index (χ0) is 31.9. The van der Waals surface area contributed by atoms with Crippen LogP contribution in [0.15, 0.2) is 48.8 Å². The highest BCUT2D eigenvalue weighted by Gasteiger charge is 2.38. The van der Waals surface area contributed by atoms with Crippen molar-refractivity contribution in [3.05, 3.63) is 71.2 Å². The molecule has 12 heteroatoms. The Labute approximate surface area is 259 Å². The fourth-order valence-electron chi connectivity index (χ4n) is 6.38. The number of anilines is 1. The van der Waals surface area contributed by atoms with E-state index in [4.69, 9.17) is 9.47 Å². The number of alkyl halides is 3. The number of carbonyl (C=O) groups excluding carboxylic acids is 1. The molecule has 6 rings (SSSR count). The number of hydrogen-bond donors (Lipinski definition) is 2. The van der Waals surface area contributed by atoms with Gasteiger partial charge in [-0.05, 0) is 81.6 Å². The second kappa shape index (κ2) is 12.2. The maximum absolute atomic E-state index is 14.2. The summed E-state index contributed by atoms with van der Waals surface area (Å²) in [6.07, 6.45) is -0.163. The van der Waals surface area contributed by atoms with Crippen LogP contribution in [0.2, 0.25) is 0 Å². The second-order valence-electron chi connectivity index (χ2n) is 12.0. The number of likely N-dealkylation sites (tertiary alicyclic amines) is 1. The van der Waals surface area contributed by atoms with Gasteiger partial charge in [0.05, 0.1) is 23.3 Å². The Kier molecular flexibility index (Phi) is 8.34. The Balaban J connectivity index is 1.18. The number of pyridine rings is 2. The molecule has 0 bridgehead atoms. The molecule has 45 heavy (non-hydrogen) atoms. The van der Waals surface area contributed by atoms with Gasteiger partial charge in [0.1, 0.15) is 28.8 Å². The number of piperidine rings is 1. The van der Waals surface area contributed by atoms with E-state index in [1.165, 1.54) is 6.20 Å². The number of aryl methyl sites for hydroxylation is 1. The van der Waals surface area contributed by atoms with Crippen molar-refractivity contribution in [3.8, 4) is 17.4 Å². The van der Waals surface area contributed by atoms with E-state index < -0.39 is 23.7 Å². The number of rotatable bonds is 6. The first-order chi connectivity index (χ1) is 21.5. The lowest BCUT2D eigenvalue weighted by molar-refractivity contribution is -0.140. The van der Waals surface area contributed by atoms with Crippen molar-refractivity contribution in [1.29, 1.82) is 0 Å². The van der Waals surface area contributed by atoms with Crippen LogP contribution in [0.4, 0.5) is 23.7 Å². The first-order valence-electron chi connectivity index (χ1n) is 15.2. The molecule has 1 fully saturated rings. The molecule has 0 saturated carbocycles. The van der Waals surface area contributed by atoms with E-state index in [0.29, 0.717) is 30.9 Å². The normalized spacial score (nSPS) is 20.6. The summed E-state index contributed by atoms with van der Waals surface area (Å²) in [7, 11) is 1.99. The van der Waals surface area contributed by atoms with Gasteiger partial charge < -0.3 is 29.6 Å². The van der Waals surface area contributed by atoms with Gasteiger partial charge in [-0.25, -0.2) is 14.8 Å². The first-order valence-corrected chi connectivity index (χ1v) is 15.2. The molecule has 0 unspecified atom stereocenters. The Morgan fingerprint density at radius 2 is 1.98 bits per heavy atom. The second-order valence-corrected chi connectivity index (χ2v) is 12.0. The summed E-state index contributed by atoms with van der Waals surface area (Å²) in [5, 5.41) is 3.50. The number of hydrogen-bond acceptors (Lipinski definition) is 6. The third-order valence-electron chi connectivity index (χ3n) is 8.83. The summed E-state index contributed by atoms with van der Waals surface area (Å²) in [5.74, 6) is 0.911. The third kappa shape index (κ3) is 6.42. The highest BCUT2D eigenvalue weighted by atomic mass is 19.4. The van der Waals surface area contributed by atoms with Gasteiger partial charge in [0.25, 0.3) is 0 Å². The van der Waals surface area contributed by atoms with Gasteiger partial charge in [-0.15, -0.1) is 0 Å². The molecule has 2 amide bonds. The maximum Gasteiger partial charge on any atom is 0.421 e. The molecular formula is C33H37F3N6O3. The van der Waals surface area contributed by atoms with Crippen molar-refractivity contribution >= 4 is 22.8 Å². The molecule has 3 atom stereocenters. The zero-order valence-electron chi connectivity index (χ0n) is 25.7. The van der Waals surface area contributed by atoms with Gasteiger partial charge >= 0.3 is 12.2 Å². The maximum atomic E-state index is 14.2. The van der Waals surface area contributed by atoms with E-state index in [1.54, 1.807) is 17.2 Å². The number of nitrogens with one attached hydrogen (secondary N) is 2. The van der Waals surface area contributed by atoms with Crippen molar-refractivity contribution in [1.82, 2.24) is 24.8 Å². The van der Waals surface area contributed by atoms with Crippen molar-refractivity contribution in [2.75, 3.05) is 32.0 Å². The molecule has 2 aliphatic rings. The van der Waals surface area contributed by atoms with Crippen LogP contribution in [0.5, 0.6) is 17.4 Å². The Hall–Kier alpha value is -4.32. The van der Waals surface area contributed by atoms with Crippen molar-refractivity contribution in [2.24, 2.45) is 5.92 Å². The summed E-state index contributed by atoms with van der Waals surface area (Å²) in [4.78, 5) is 28.8. The standard InChI is InChI=1S/C33H37F3N6O3/c1-5-21-18-41(4)12-10-28(21)45-31-27(33(34,35)36)15-23(17-38-31)40-32(43)42-13-9-22-6-7-24(16-25(22)20(42)3)44-29-8-11-37-30-26(29)14-19(2)39-30/h6-8,11,14-17,20-21,28H,5,9-10,12-13,18H2,1-4H3,(H,37,39)(H,40,43)/t20-,21+,28+/m0/s1. The molecular weight excluding hydrogens is 585 g/mol. The minimum atomic E-state index is -4.70. The molecule has 1 saturated heterocycles. The van der Waals surface area contributed by atoms with Crippen LogP contribution >= 0.6 is 0 Å². The van der Waals surface area contributed by atoms with Gasteiger partial charge in [0, 0.05) is 37.4 Å². The smallest absolute Gasteiger partial charge is 0.421 e. The van der Waals surface area contributed by atoms with Crippen LogP contribution in [0.3, 0.4) is 0 Å². The van der Waals surface area contributed by atoms with E-state index in [9.17, 15) is 18.0 Å². The van der Waals surface area contributed by atoms with Crippen LogP contribution in [0.25, 0.3) is 11.0 Å². The summed E-state index contributed by atoms with van der Waals surface area (Å²) in [6.45, 7) is 7.74. The number of H-pyrrole nitrogens is 1. The number of carbonyl (C=O) groups is 1. The van der Waals surface area contributed by atoms with Crippen LogP contribution in [0, 0.1) is 12.8 Å². The number of aromatic amines is 1. The molecule has 5 heterocycles. The Morgan fingerprint density at radius 3 is 2.76 bits per heavy atom. The summed E-state index contributed by atoms with van der Waals surface area (Å²) >= 11 is 0. The van der Waals surface area contributed by atoms with Gasteiger partial charge in [-0.3, -0.25) is 0 Å². The topological polar surface area (TPSA) is 95.6 Å². The van der Waals surface area contributed by atoms with Crippen LogP contribution in [-0.4, -0.2) is 63.6 Å². The van der Waals surface area contributed by atoms with Crippen molar-refractivity contribution < 1.29 is 27.4 Å². The summed E-state index contributed by atoms with van der Waals surface area (Å²) in [6, 6.07) is 9.61. The average molecular weight is 623 g/mol. The number of aromatic nitrogens is 3. The number of fused-ring (bicyclic) bond motifs is 2. The lowest BCUT2D eigenvalue weighted by Gasteiger charge is -2.36. The zero-order valence-corrected chi connectivity index (χ0v) is 25.7. The Bertz CT molecular complexity index is 1710. The molecule has 2 N–H and O–H groups in total. The molecule has 238 valence electrons. The lowest BCUT2D eigenvalue weighted by Crippen LogP contribution is -2.43. The monoisotopic (exact) mass is 622 g/mol. The number of nitrogens with zero attached hydrogens (tertiary/aromatic N) is 4.